The molecular weight excluding hydrogens is 585 g/mol. The van der Waals surface area contributed by atoms with Crippen LogP contribution in [0.25, 0.3) is 0 Å². The Hall–Kier alpha value is -3.24. The fourth-order valence-electron chi connectivity index (χ4n) is 4.04. The van der Waals surface area contributed by atoms with Crippen molar-refractivity contribution >= 4 is 43.5 Å². The molecule has 1 N–H and O–H groups in total. The number of amides is 2. The second kappa shape index (κ2) is 12.7. The van der Waals surface area contributed by atoms with Gasteiger partial charge >= 0.3 is 0 Å². The van der Waals surface area contributed by atoms with Crippen molar-refractivity contribution in [3.63, 3.8) is 0 Å². The van der Waals surface area contributed by atoms with E-state index >= 15 is 0 Å². The van der Waals surface area contributed by atoms with Gasteiger partial charge in [-0.1, -0.05) is 64.5 Å². The van der Waals surface area contributed by atoms with Gasteiger partial charge in [0, 0.05) is 23.0 Å². The smallest absolute Gasteiger partial charge is 0.244 e. The van der Waals surface area contributed by atoms with Gasteiger partial charge in [0.2, 0.25) is 21.8 Å². The van der Waals surface area contributed by atoms with Crippen LogP contribution >= 0.6 is 15.9 Å². The van der Waals surface area contributed by atoms with E-state index in [1.165, 1.54) is 23.1 Å². The van der Waals surface area contributed by atoms with E-state index < -0.39 is 39.9 Å². The Labute approximate surface area is 238 Å². The molecule has 3 rings (SSSR count). The molecule has 39 heavy (non-hydrogen) atoms. The summed E-state index contributed by atoms with van der Waals surface area (Å²) in [5.74, 6) is -1.60. The number of rotatable bonds is 10. The Morgan fingerprint density at radius 1 is 0.949 bits per heavy atom. The van der Waals surface area contributed by atoms with Crippen molar-refractivity contribution in [3.8, 4) is 0 Å². The summed E-state index contributed by atoms with van der Waals surface area (Å²) in [6, 6.07) is 20.7. The zero-order valence-electron chi connectivity index (χ0n) is 22.4. The molecular formula is C29H33BrFN3O4S. The highest BCUT2D eigenvalue weighted by Crippen LogP contribution is 2.22. The number of hydrogen-bond donors (Lipinski definition) is 1. The van der Waals surface area contributed by atoms with Gasteiger partial charge < -0.3 is 10.2 Å². The maximum atomic E-state index is 14.0. The molecule has 0 saturated heterocycles. The van der Waals surface area contributed by atoms with Crippen molar-refractivity contribution in [1.29, 1.82) is 0 Å². The summed E-state index contributed by atoms with van der Waals surface area (Å²) in [4.78, 5) is 29.0. The largest absolute Gasteiger partial charge is 0.350 e. The topological polar surface area (TPSA) is 86.8 Å². The van der Waals surface area contributed by atoms with Gasteiger partial charge in [0.1, 0.15) is 18.4 Å². The Morgan fingerprint density at radius 2 is 1.59 bits per heavy atom. The van der Waals surface area contributed by atoms with Crippen LogP contribution in [0.3, 0.4) is 0 Å². The quantitative estimate of drug-likeness (QED) is 0.350. The summed E-state index contributed by atoms with van der Waals surface area (Å²) in [5.41, 5.74) is 1.04. The monoisotopic (exact) mass is 617 g/mol. The lowest BCUT2D eigenvalue weighted by atomic mass is 10.0. The molecule has 3 aromatic carbocycles. The summed E-state index contributed by atoms with van der Waals surface area (Å²) < 4.78 is 41.2. The highest BCUT2D eigenvalue weighted by Gasteiger charge is 2.34. The maximum Gasteiger partial charge on any atom is 0.244 e. The minimum atomic E-state index is -3.96. The lowest BCUT2D eigenvalue weighted by Crippen LogP contribution is -2.56. The molecule has 0 spiro atoms. The summed E-state index contributed by atoms with van der Waals surface area (Å²) in [6.45, 7) is 5.00. The van der Waals surface area contributed by atoms with Crippen molar-refractivity contribution in [2.45, 2.75) is 45.3 Å². The fourth-order valence-corrected chi connectivity index (χ4v) is 5.14. The molecule has 0 aliphatic rings. The Morgan fingerprint density at radius 3 is 2.15 bits per heavy atom. The third-order valence-electron chi connectivity index (χ3n) is 5.81. The van der Waals surface area contributed by atoms with E-state index in [9.17, 15) is 22.4 Å². The summed E-state index contributed by atoms with van der Waals surface area (Å²) in [6.07, 6.45) is 1.17. The minimum Gasteiger partial charge on any atom is -0.350 e. The normalized spacial score (nSPS) is 12.5. The maximum absolute atomic E-state index is 14.0. The number of nitrogens with one attached hydrogen (secondary N) is 1. The van der Waals surface area contributed by atoms with E-state index in [0.29, 0.717) is 0 Å². The number of anilines is 1. The molecule has 0 saturated carbocycles. The first kappa shape index (κ1) is 30.3. The van der Waals surface area contributed by atoms with Crippen molar-refractivity contribution in [2.24, 2.45) is 0 Å². The molecule has 7 nitrogen and oxygen atoms in total. The van der Waals surface area contributed by atoms with Crippen LogP contribution in [-0.2, 0) is 32.6 Å². The van der Waals surface area contributed by atoms with Gasteiger partial charge in [-0.15, -0.1) is 0 Å². The first-order valence-electron chi connectivity index (χ1n) is 12.4. The number of sulfonamides is 1. The van der Waals surface area contributed by atoms with Crippen molar-refractivity contribution in [3.05, 3.63) is 100 Å². The molecule has 0 heterocycles. The number of halogens is 2. The van der Waals surface area contributed by atoms with Gasteiger partial charge in [-0.2, -0.15) is 0 Å². The van der Waals surface area contributed by atoms with Gasteiger partial charge in [0.15, 0.2) is 0 Å². The molecule has 2 amide bonds. The molecule has 208 valence electrons. The number of nitrogens with zero attached hydrogens (tertiary/aromatic N) is 2. The van der Waals surface area contributed by atoms with Crippen LogP contribution in [0.1, 0.15) is 31.9 Å². The first-order valence-corrected chi connectivity index (χ1v) is 15.0. The van der Waals surface area contributed by atoms with Crippen LogP contribution in [-0.4, -0.2) is 49.5 Å². The molecule has 0 fully saturated rings. The predicted octanol–water partition coefficient (Wildman–Crippen LogP) is 4.91. The van der Waals surface area contributed by atoms with Gasteiger partial charge in [-0.05, 0) is 62.2 Å². The number of carbonyl (C=O) groups excluding carboxylic acids is 2. The molecule has 0 radical (unpaired) electrons. The average molecular weight is 619 g/mol. The lowest BCUT2D eigenvalue weighted by Gasteiger charge is -2.35. The number of hydrogen-bond acceptors (Lipinski definition) is 4. The lowest BCUT2D eigenvalue weighted by molar-refractivity contribution is -0.140. The van der Waals surface area contributed by atoms with E-state index in [2.05, 4.69) is 21.2 Å². The van der Waals surface area contributed by atoms with E-state index in [0.717, 1.165) is 32.2 Å². The molecule has 10 heteroatoms. The predicted molar refractivity (Wildman–Crippen MR) is 155 cm³/mol. The Balaban J connectivity index is 2.07. The zero-order chi connectivity index (χ0) is 28.8. The summed E-state index contributed by atoms with van der Waals surface area (Å²) in [7, 11) is -3.96. The van der Waals surface area contributed by atoms with Crippen LogP contribution in [0.5, 0.6) is 0 Å². The van der Waals surface area contributed by atoms with Gasteiger partial charge in [0.05, 0.1) is 11.9 Å². The number of carbonyl (C=O) groups is 2. The van der Waals surface area contributed by atoms with Crippen LogP contribution in [0.4, 0.5) is 10.1 Å². The highest BCUT2D eigenvalue weighted by molar-refractivity contribution is 9.10. The molecule has 0 aliphatic heterocycles. The second-order valence-corrected chi connectivity index (χ2v) is 13.2. The zero-order valence-corrected chi connectivity index (χ0v) is 24.8. The van der Waals surface area contributed by atoms with Crippen LogP contribution in [0.15, 0.2) is 83.3 Å². The first-order chi connectivity index (χ1) is 18.2. The molecule has 3 aromatic rings. The SMILES string of the molecule is CC(C)(C)NC(=O)C(Cc1ccccc1)N(Cc1ccc(Br)cc1)C(=O)CN(c1cccc(F)c1)S(C)(=O)=O. The Bertz CT molecular complexity index is 1390. The highest BCUT2D eigenvalue weighted by atomic mass is 79.9. The van der Waals surface area contributed by atoms with Crippen molar-refractivity contribution < 1.29 is 22.4 Å². The minimum absolute atomic E-state index is 0.0215. The second-order valence-electron chi connectivity index (χ2n) is 10.3. The third-order valence-corrected chi connectivity index (χ3v) is 7.48. The van der Waals surface area contributed by atoms with Crippen molar-refractivity contribution in [2.75, 3.05) is 17.1 Å². The van der Waals surface area contributed by atoms with E-state index in [4.69, 9.17) is 0 Å². The van der Waals surface area contributed by atoms with Gasteiger partial charge in [0.25, 0.3) is 0 Å². The standard InChI is InChI=1S/C29H33BrFN3O4S/c1-29(2,3)32-28(36)26(17-21-9-6-5-7-10-21)33(19-22-13-15-23(30)16-14-22)27(35)20-34(39(4,37)38)25-12-8-11-24(31)18-25/h5-16,18,26H,17,19-20H2,1-4H3,(H,32,36). The molecule has 1 unspecified atom stereocenters. The number of benzene rings is 3. The molecule has 0 aromatic heterocycles. The van der Waals surface area contributed by atoms with E-state index in [-0.39, 0.29) is 24.6 Å². The molecule has 0 bridgehead atoms. The fraction of sp³-hybridized carbons (Fsp3) is 0.310. The Kier molecular flexibility index (Phi) is 9.90. The van der Waals surface area contributed by atoms with Crippen LogP contribution in [0, 0.1) is 5.82 Å². The summed E-state index contributed by atoms with van der Waals surface area (Å²) >= 11 is 3.41. The average Bonchev–Trinajstić information content (AvgIpc) is 2.84. The molecule has 0 aliphatic carbocycles. The molecule has 1 atom stereocenters. The summed E-state index contributed by atoms with van der Waals surface area (Å²) in [5, 5.41) is 2.97. The van der Waals surface area contributed by atoms with Crippen LogP contribution < -0.4 is 9.62 Å². The van der Waals surface area contributed by atoms with Crippen LogP contribution in [0.2, 0.25) is 0 Å². The van der Waals surface area contributed by atoms with Gasteiger partial charge in [-0.25, -0.2) is 12.8 Å². The third kappa shape index (κ3) is 9.18. The van der Waals surface area contributed by atoms with Gasteiger partial charge in [-0.3, -0.25) is 13.9 Å². The van der Waals surface area contributed by atoms with E-state index in [1.807, 2.05) is 75.4 Å². The van der Waals surface area contributed by atoms with E-state index in [1.54, 1.807) is 0 Å². The van der Waals surface area contributed by atoms with Crippen molar-refractivity contribution in [1.82, 2.24) is 10.2 Å².